The fourth-order valence-electron chi connectivity index (χ4n) is 3.09. The Morgan fingerprint density at radius 2 is 1.68 bits per heavy atom. The van der Waals surface area contributed by atoms with E-state index in [1.54, 1.807) is 0 Å². The standard InChI is InChI=1S/C18H19NO3/c20-18(21)22-17-13-19(11-14-7-3-1-4-8-14)12-16(17)15-9-5-2-6-10-15/h1-10,16-17H,11-13H2,(H,20,21). The van der Waals surface area contributed by atoms with Crippen molar-refractivity contribution >= 4 is 6.16 Å². The summed E-state index contributed by atoms with van der Waals surface area (Å²) in [4.78, 5) is 13.2. The van der Waals surface area contributed by atoms with E-state index in [1.807, 2.05) is 48.5 Å². The monoisotopic (exact) mass is 297 g/mol. The first-order valence-electron chi connectivity index (χ1n) is 7.43. The molecular formula is C18H19NO3. The summed E-state index contributed by atoms with van der Waals surface area (Å²) < 4.78 is 5.12. The van der Waals surface area contributed by atoms with Gasteiger partial charge in [-0.3, -0.25) is 4.90 Å². The van der Waals surface area contributed by atoms with Crippen LogP contribution in [0.4, 0.5) is 4.79 Å². The van der Waals surface area contributed by atoms with Crippen LogP contribution in [0.2, 0.25) is 0 Å². The highest BCUT2D eigenvalue weighted by atomic mass is 16.7. The zero-order valence-electron chi connectivity index (χ0n) is 12.3. The molecule has 0 radical (unpaired) electrons. The molecule has 0 bridgehead atoms. The molecule has 4 heteroatoms. The van der Waals surface area contributed by atoms with Crippen molar-refractivity contribution in [1.29, 1.82) is 0 Å². The summed E-state index contributed by atoms with van der Waals surface area (Å²) >= 11 is 0. The number of carboxylic acid groups (broad SMARTS) is 1. The van der Waals surface area contributed by atoms with Gasteiger partial charge in [-0.25, -0.2) is 4.79 Å². The molecule has 22 heavy (non-hydrogen) atoms. The molecule has 4 nitrogen and oxygen atoms in total. The highest BCUT2D eigenvalue weighted by molar-refractivity contribution is 5.57. The molecule has 1 N–H and O–H groups in total. The summed E-state index contributed by atoms with van der Waals surface area (Å²) in [6.07, 6.45) is -1.52. The van der Waals surface area contributed by atoms with E-state index in [9.17, 15) is 4.79 Å². The van der Waals surface area contributed by atoms with Crippen LogP contribution in [0.25, 0.3) is 0 Å². The maximum absolute atomic E-state index is 11.0. The van der Waals surface area contributed by atoms with Crippen molar-refractivity contribution in [2.75, 3.05) is 13.1 Å². The summed E-state index contributed by atoms with van der Waals surface area (Å²) in [5.41, 5.74) is 2.36. The van der Waals surface area contributed by atoms with E-state index in [0.717, 1.165) is 18.7 Å². The third-order valence-corrected chi connectivity index (χ3v) is 4.07. The van der Waals surface area contributed by atoms with Crippen molar-refractivity contribution in [2.45, 2.75) is 18.6 Å². The van der Waals surface area contributed by atoms with Gasteiger partial charge in [0.05, 0.1) is 0 Å². The molecule has 1 aliphatic heterocycles. The van der Waals surface area contributed by atoms with Crippen LogP contribution >= 0.6 is 0 Å². The average molecular weight is 297 g/mol. The number of hydrogen-bond donors (Lipinski definition) is 1. The van der Waals surface area contributed by atoms with Crippen LogP contribution in [-0.2, 0) is 11.3 Å². The Kier molecular flexibility index (Phi) is 4.39. The Morgan fingerprint density at radius 3 is 2.32 bits per heavy atom. The second kappa shape index (κ2) is 6.62. The molecule has 2 aromatic rings. The van der Waals surface area contributed by atoms with Crippen molar-refractivity contribution in [3.63, 3.8) is 0 Å². The first-order chi connectivity index (χ1) is 10.7. The molecule has 2 unspecified atom stereocenters. The third kappa shape index (κ3) is 3.46. The van der Waals surface area contributed by atoms with Gasteiger partial charge in [0.25, 0.3) is 0 Å². The van der Waals surface area contributed by atoms with Crippen LogP contribution < -0.4 is 0 Å². The lowest BCUT2D eigenvalue weighted by atomic mass is 9.96. The van der Waals surface area contributed by atoms with Gasteiger partial charge in [0.15, 0.2) is 0 Å². The molecule has 114 valence electrons. The summed E-state index contributed by atoms with van der Waals surface area (Å²) in [7, 11) is 0. The van der Waals surface area contributed by atoms with Gasteiger partial charge in [0, 0.05) is 25.6 Å². The minimum atomic E-state index is -1.20. The smallest absolute Gasteiger partial charge is 0.450 e. The number of ether oxygens (including phenoxy) is 1. The molecule has 0 aromatic heterocycles. The lowest BCUT2D eigenvalue weighted by molar-refractivity contribution is 0.0493. The molecule has 3 rings (SSSR count). The van der Waals surface area contributed by atoms with Gasteiger partial charge in [-0.2, -0.15) is 0 Å². The third-order valence-electron chi connectivity index (χ3n) is 4.07. The summed E-state index contributed by atoms with van der Waals surface area (Å²) in [5, 5.41) is 8.97. The van der Waals surface area contributed by atoms with Crippen molar-refractivity contribution < 1.29 is 14.6 Å². The number of likely N-dealkylation sites (tertiary alicyclic amines) is 1. The van der Waals surface area contributed by atoms with Crippen LogP contribution in [0.3, 0.4) is 0 Å². The largest absolute Gasteiger partial charge is 0.506 e. The highest BCUT2D eigenvalue weighted by Crippen LogP contribution is 2.30. The Balaban J connectivity index is 1.75. The van der Waals surface area contributed by atoms with E-state index < -0.39 is 6.16 Å². The molecule has 1 aliphatic rings. The lowest BCUT2D eigenvalue weighted by Crippen LogP contribution is -2.25. The number of benzene rings is 2. The molecule has 0 saturated carbocycles. The predicted molar refractivity (Wildman–Crippen MR) is 83.8 cm³/mol. The van der Waals surface area contributed by atoms with E-state index in [0.29, 0.717) is 6.54 Å². The zero-order valence-corrected chi connectivity index (χ0v) is 12.3. The number of carbonyl (C=O) groups is 1. The summed E-state index contributed by atoms with van der Waals surface area (Å²) in [5.74, 6) is 0.0843. The van der Waals surface area contributed by atoms with Crippen LogP contribution in [0.5, 0.6) is 0 Å². The van der Waals surface area contributed by atoms with E-state index >= 15 is 0 Å². The van der Waals surface area contributed by atoms with Crippen LogP contribution in [-0.4, -0.2) is 35.4 Å². The molecule has 2 atom stereocenters. The van der Waals surface area contributed by atoms with E-state index in [2.05, 4.69) is 17.0 Å². The van der Waals surface area contributed by atoms with Crippen molar-refractivity contribution in [1.82, 2.24) is 4.90 Å². The molecule has 0 aliphatic carbocycles. The maximum Gasteiger partial charge on any atom is 0.506 e. The fourth-order valence-corrected chi connectivity index (χ4v) is 3.09. The molecular weight excluding hydrogens is 278 g/mol. The molecule has 0 spiro atoms. The van der Waals surface area contributed by atoms with Gasteiger partial charge in [-0.15, -0.1) is 0 Å². The van der Waals surface area contributed by atoms with Crippen LogP contribution in [0, 0.1) is 0 Å². The quantitative estimate of drug-likeness (QED) is 0.879. The summed E-state index contributed by atoms with van der Waals surface area (Å²) in [6.45, 7) is 2.24. The lowest BCUT2D eigenvalue weighted by Gasteiger charge is -2.17. The Bertz CT molecular complexity index is 615. The second-order valence-electron chi connectivity index (χ2n) is 5.62. The van der Waals surface area contributed by atoms with Gasteiger partial charge in [-0.1, -0.05) is 60.7 Å². The van der Waals surface area contributed by atoms with Crippen molar-refractivity contribution in [2.24, 2.45) is 0 Å². The van der Waals surface area contributed by atoms with Gasteiger partial charge in [0.2, 0.25) is 0 Å². The normalized spacial score (nSPS) is 21.6. The first kappa shape index (κ1) is 14.6. The minimum absolute atomic E-state index is 0.0843. The van der Waals surface area contributed by atoms with Gasteiger partial charge in [0.1, 0.15) is 6.10 Å². The van der Waals surface area contributed by atoms with E-state index in [1.165, 1.54) is 5.56 Å². The van der Waals surface area contributed by atoms with Gasteiger partial charge >= 0.3 is 6.16 Å². The zero-order chi connectivity index (χ0) is 15.4. The topological polar surface area (TPSA) is 49.8 Å². The number of nitrogens with zero attached hydrogens (tertiary/aromatic N) is 1. The molecule has 1 heterocycles. The van der Waals surface area contributed by atoms with Gasteiger partial charge < -0.3 is 9.84 Å². The predicted octanol–water partition coefficient (Wildman–Crippen LogP) is 3.35. The number of hydrogen-bond acceptors (Lipinski definition) is 3. The van der Waals surface area contributed by atoms with Crippen molar-refractivity contribution in [3.05, 3.63) is 71.8 Å². The van der Waals surface area contributed by atoms with E-state index in [4.69, 9.17) is 9.84 Å². The van der Waals surface area contributed by atoms with Gasteiger partial charge in [-0.05, 0) is 11.1 Å². The molecule has 0 amide bonds. The van der Waals surface area contributed by atoms with E-state index in [-0.39, 0.29) is 12.0 Å². The Morgan fingerprint density at radius 1 is 1.05 bits per heavy atom. The Hall–Kier alpha value is -2.33. The maximum atomic E-state index is 11.0. The molecule has 1 fully saturated rings. The minimum Gasteiger partial charge on any atom is -0.450 e. The number of rotatable bonds is 4. The molecule has 1 saturated heterocycles. The summed E-state index contributed by atoms with van der Waals surface area (Å²) in [6, 6.07) is 20.2. The highest BCUT2D eigenvalue weighted by Gasteiger charge is 2.36. The first-order valence-corrected chi connectivity index (χ1v) is 7.43. The van der Waals surface area contributed by atoms with Crippen LogP contribution in [0.15, 0.2) is 60.7 Å². The average Bonchev–Trinajstić information content (AvgIpc) is 2.91. The Labute approximate surface area is 130 Å². The van der Waals surface area contributed by atoms with Crippen molar-refractivity contribution in [3.8, 4) is 0 Å². The molecule has 2 aromatic carbocycles. The van der Waals surface area contributed by atoms with Crippen LogP contribution in [0.1, 0.15) is 17.0 Å². The SMILES string of the molecule is O=C(O)OC1CN(Cc2ccccc2)CC1c1ccccc1. The fraction of sp³-hybridized carbons (Fsp3) is 0.278. The second-order valence-corrected chi connectivity index (χ2v) is 5.62.